The maximum absolute atomic E-state index is 12.4. The molecule has 0 atom stereocenters. The molecule has 2 amide bonds. The molecule has 0 bridgehead atoms. The Kier molecular flexibility index (Phi) is 7.48. The van der Waals surface area contributed by atoms with Crippen molar-refractivity contribution in [3.63, 3.8) is 0 Å². The topological polar surface area (TPSA) is 71.1 Å². The molecule has 1 aliphatic rings. The van der Waals surface area contributed by atoms with Crippen molar-refractivity contribution in [1.29, 1.82) is 0 Å². The first-order valence-electron chi connectivity index (χ1n) is 9.63. The molecule has 29 heavy (non-hydrogen) atoms. The van der Waals surface area contributed by atoms with Gasteiger partial charge in [0, 0.05) is 51.3 Å². The lowest BCUT2D eigenvalue weighted by molar-refractivity contribution is -0.132. The van der Waals surface area contributed by atoms with Crippen LogP contribution in [0.5, 0.6) is 11.5 Å². The highest BCUT2D eigenvalue weighted by Crippen LogP contribution is 2.25. The summed E-state index contributed by atoms with van der Waals surface area (Å²) in [6.07, 6.45) is 0.320. The zero-order chi connectivity index (χ0) is 20.6. The molecule has 1 aliphatic heterocycles. The fraction of sp³-hybridized carbons (Fsp3) is 0.429. The lowest BCUT2D eigenvalue weighted by atomic mass is 10.1. The number of amides is 2. The third-order valence-electron chi connectivity index (χ3n) is 4.98. The number of hydrogen-bond acceptors (Lipinski definition) is 6. The maximum Gasteiger partial charge on any atom is 0.261 e. The van der Waals surface area contributed by atoms with E-state index in [0.29, 0.717) is 30.9 Å². The van der Waals surface area contributed by atoms with E-state index in [1.165, 1.54) is 11.3 Å². The Bertz CT molecular complexity index is 817. The van der Waals surface area contributed by atoms with Gasteiger partial charge in [-0.15, -0.1) is 11.3 Å². The predicted octanol–water partition coefficient (Wildman–Crippen LogP) is 2.23. The normalized spacial score (nSPS) is 14.5. The summed E-state index contributed by atoms with van der Waals surface area (Å²) >= 11 is 1.39. The molecule has 0 unspecified atom stereocenters. The van der Waals surface area contributed by atoms with Gasteiger partial charge in [0.05, 0.1) is 19.1 Å². The fourth-order valence-electron chi connectivity index (χ4n) is 3.34. The molecule has 1 aromatic carbocycles. The second-order valence-electron chi connectivity index (χ2n) is 6.82. The fourth-order valence-corrected chi connectivity index (χ4v) is 3.98. The van der Waals surface area contributed by atoms with E-state index in [4.69, 9.17) is 9.47 Å². The Hall–Kier alpha value is -2.58. The minimum absolute atomic E-state index is 0.0788. The summed E-state index contributed by atoms with van der Waals surface area (Å²) in [7, 11) is 3.32. The van der Waals surface area contributed by atoms with Gasteiger partial charge in [0.1, 0.15) is 11.5 Å². The molecule has 1 N–H and O–H groups in total. The van der Waals surface area contributed by atoms with E-state index in [0.717, 1.165) is 36.7 Å². The molecule has 156 valence electrons. The average molecular weight is 418 g/mol. The van der Waals surface area contributed by atoms with Gasteiger partial charge in [0.2, 0.25) is 5.91 Å². The van der Waals surface area contributed by atoms with Crippen molar-refractivity contribution in [3.05, 3.63) is 46.2 Å². The number of ether oxygens (including phenoxy) is 2. The summed E-state index contributed by atoms with van der Waals surface area (Å²) < 4.78 is 10.8. The number of carbonyl (C=O) groups excluding carboxylic acids is 2. The highest BCUT2D eigenvalue weighted by atomic mass is 32.1. The molecule has 2 aromatic rings. The highest BCUT2D eigenvalue weighted by Gasteiger charge is 2.22. The van der Waals surface area contributed by atoms with Crippen LogP contribution in [0, 0.1) is 0 Å². The Labute approximate surface area is 175 Å². The molecular formula is C21H27N3O4S. The maximum atomic E-state index is 12.4. The summed E-state index contributed by atoms with van der Waals surface area (Å²) in [6, 6.07) is 9.41. The number of benzene rings is 1. The van der Waals surface area contributed by atoms with Crippen LogP contribution in [0.25, 0.3) is 0 Å². The molecular weight excluding hydrogens is 390 g/mol. The van der Waals surface area contributed by atoms with Crippen LogP contribution in [0.4, 0.5) is 0 Å². The van der Waals surface area contributed by atoms with E-state index in [1.807, 2.05) is 34.5 Å². The number of rotatable bonds is 8. The van der Waals surface area contributed by atoms with Gasteiger partial charge in [-0.2, -0.15) is 0 Å². The molecule has 0 saturated carbocycles. The van der Waals surface area contributed by atoms with Gasteiger partial charge in [0.15, 0.2) is 0 Å². The summed E-state index contributed by atoms with van der Waals surface area (Å²) in [6.45, 7) is 4.07. The number of thiophene rings is 1. The molecule has 7 nitrogen and oxygen atoms in total. The van der Waals surface area contributed by atoms with Crippen molar-refractivity contribution < 1.29 is 19.1 Å². The van der Waals surface area contributed by atoms with Crippen molar-refractivity contribution in [2.24, 2.45) is 0 Å². The summed E-state index contributed by atoms with van der Waals surface area (Å²) in [5.41, 5.74) is 1.07. The van der Waals surface area contributed by atoms with Crippen LogP contribution in [0.15, 0.2) is 35.7 Å². The lowest BCUT2D eigenvalue weighted by Crippen LogP contribution is -2.48. The average Bonchev–Trinajstić information content (AvgIpc) is 3.29. The first-order valence-corrected chi connectivity index (χ1v) is 10.5. The van der Waals surface area contributed by atoms with E-state index in [2.05, 4.69) is 10.2 Å². The van der Waals surface area contributed by atoms with E-state index < -0.39 is 0 Å². The number of carbonyl (C=O) groups is 2. The van der Waals surface area contributed by atoms with Crippen LogP contribution in [0.1, 0.15) is 21.7 Å². The third kappa shape index (κ3) is 5.71. The Morgan fingerprint density at radius 3 is 2.55 bits per heavy atom. The minimum atomic E-state index is -0.121. The van der Waals surface area contributed by atoms with Crippen molar-refractivity contribution in [2.45, 2.75) is 13.0 Å². The Balaban J connectivity index is 1.43. The molecule has 1 fully saturated rings. The van der Waals surface area contributed by atoms with E-state index in [-0.39, 0.29) is 11.8 Å². The van der Waals surface area contributed by atoms with Crippen molar-refractivity contribution in [1.82, 2.24) is 15.1 Å². The summed E-state index contributed by atoms with van der Waals surface area (Å²) in [5, 5.41) is 4.67. The quantitative estimate of drug-likeness (QED) is 0.713. The molecule has 0 aliphatic carbocycles. The van der Waals surface area contributed by atoms with Gasteiger partial charge in [-0.1, -0.05) is 6.07 Å². The van der Waals surface area contributed by atoms with Crippen LogP contribution in [0.2, 0.25) is 0 Å². The number of hydrogen-bond donors (Lipinski definition) is 1. The van der Waals surface area contributed by atoms with Crippen LogP contribution >= 0.6 is 11.3 Å². The SMILES string of the molecule is COc1ccc(OC)c(CN2CCN(C(=O)CCNC(=O)c3cccs3)CC2)c1. The van der Waals surface area contributed by atoms with Crippen molar-refractivity contribution >= 4 is 23.2 Å². The summed E-state index contributed by atoms with van der Waals surface area (Å²) in [5.74, 6) is 1.60. The van der Waals surface area contributed by atoms with Gasteiger partial charge in [-0.25, -0.2) is 0 Å². The summed E-state index contributed by atoms with van der Waals surface area (Å²) in [4.78, 5) is 29.2. The molecule has 0 radical (unpaired) electrons. The zero-order valence-electron chi connectivity index (χ0n) is 16.8. The van der Waals surface area contributed by atoms with Crippen LogP contribution < -0.4 is 14.8 Å². The number of nitrogens with zero attached hydrogens (tertiary/aromatic N) is 2. The molecule has 1 saturated heterocycles. The number of methoxy groups -OCH3 is 2. The van der Waals surface area contributed by atoms with Gasteiger partial charge >= 0.3 is 0 Å². The largest absolute Gasteiger partial charge is 0.497 e. The van der Waals surface area contributed by atoms with E-state index in [9.17, 15) is 9.59 Å². The van der Waals surface area contributed by atoms with E-state index in [1.54, 1.807) is 20.3 Å². The standard InChI is InChI=1S/C21H27N3O4S/c1-27-17-5-6-18(28-2)16(14-17)15-23-9-11-24(12-10-23)20(25)7-8-22-21(26)19-4-3-13-29-19/h3-6,13-14H,7-12,15H2,1-2H3,(H,22,26). The molecule has 3 rings (SSSR count). The molecule has 8 heteroatoms. The molecule has 1 aromatic heterocycles. The van der Waals surface area contributed by atoms with Crippen LogP contribution in [0.3, 0.4) is 0 Å². The van der Waals surface area contributed by atoms with Gasteiger partial charge < -0.3 is 19.7 Å². The molecule has 2 heterocycles. The number of piperazine rings is 1. The Morgan fingerprint density at radius 1 is 1.10 bits per heavy atom. The highest BCUT2D eigenvalue weighted by molar-refractivity contribution is 7.12. The van der Waals surface area contributed by atoms with Crippen molar-refractivity contribution in [3.8, 4) is 11.5 Å². The lowest BCUT2D eigenvalue weighted by Gasteiger charge is -2.35. The monoisotopic (exact) mass is 417 g/mol. The van der Waals surface area contributed by atoms with Gasteiger partial charge in [0.25, 0.3) is 5.91 Å². The predicted molar refractivity (Wildman–Crippen MR) is 113 cm³/mol. The minimum Gasteiger partial charge on any atom is -0.497 e. The van der Waals surface area contributed by atoms with Crippen molar-refractivity contribution in [2.75, 3.05) is 46.9 Å². The third-order valence-corrected chi connectivity index (χ3v) is 5.84. The van der Waals surface area contributed by atoms with Crippen LogP contribution in [-0.4, -0.2) is 68.6 Å². The van der Waals surface area contributed by atoms with E-state index >= 15 is 0 Å². The second-order valence-corrected chi connectivity index (χ2v) is 7.77. The Morgan fingerprint density at radius 2 is 1.90 bits per heavy atom. The van der Waals surface area contributed by atoms with Gasteiger partial charge in [-0.05, 0) is 29.6 Å². The van der Waals surface area contributed by atoms with Crippen LogP contribution in [-0.2, 0) is 11.3 Å². The number of nitrogens with one attached hydrogen (secondary N) is 1. The zero-order valence-corrected chi connectivity index (χ0v) is 17.7. The first kappa shape index (κ1) is 21.1. The first-order chi connectivity index (χ1) is 14.1. The molecule has 0 spiro atoms. The van der Waals surface area contributed by atoms with Gasteiger partial charge in [-0.3, -0.25) is 14.5 Å². The smallest absolute Gasteiger partial charge is 0.261 e. The second kappa shape index (κ2) is 10.3.